The molecule has 0 aliphatic rings. The number of ether oxygens (including phenoxy) is 1. The van der Waals surface area contributed by atoms with Crippen LogP contribution in [-0.2, 0) is 18.7 Å². The Hall–Kier alpha value is -4.39. The lowest BCUT2D eigenvalue weighted by Gasteiger charge is -2.20. The molecule has 0 aromatic heterocycles. The van der Waals surface area contributed by atoms with Crippen LogP contribution in [0.25, 0.3) is 11.1 Å². The monoisotopic (exact) mass is 592 g/mol. The van der Waals surface area contributed by atoms with Gasteiger partial charge in [0.05, 0.1) is 0 Å². The molecule has 0 N–H and O–H groups in total. The Bertz CT molecular complexity index is 1580. The maximum absolute atomic E-state index is 14.6. The zero-order valence-corrected chi connectivity index (χ0v) is 21.9. The van der Waals surface area contributed by atoms with Crippen molar-refractivity contribution in [2.45, 2.75) is 38.5 Å². The summed E-state index contributed by atoms with van der Waals surface area (Å²) in [5, 5.41) is 0. The first-order valence-electron chi connectivity index (χ1n) is 12.6. The van der Waals surface area contributed by atoms with E-state index in [9.17, 15) is 39.5 Å². The van der Waals surface area contributed by atoms with Crippen LogP contribution < -0.4 is 4.74 Å². The first-order valence-corrected chi connectivity index (χ1v) is 12.6. The van der Waals surface area contributed by atoms with Crippen molar-refractivity contribution in [2.75, 3.05) is 0 Å². The zero-order valence-electron chi connectivity index (χ0n) is 21.9. The highest BCUT2D eigenvalue weighted by Gasteiger charge is 2.43. The van der Waals surface area contributed by atoms with E-state index >= 15 is 0 Å². The van der Waals surface area contributed by atoms with Crippen LogP contribution in [0.2, 0.25) is 0 Å². The third-order valence-electron chi connectivity index (χ3n) is 6.22. The van der Waals surface area contributed by atoms with Gasteiger partial charge in [-0.1, -0.05) is 61.6 Å². The van der Waals surface area contributed by atoms with Crippen LogP contribution in [0.15, 0.2) is 72.8 Å². The van der Waals surface area contributed by atoms with Crippen LogP contribution >= 0.6 is 0 Å². The van der Waals surface area contributed by atoms with Crippen LogP contribution in [0.3, 0.4) is 0 Å². The molecule has 10 heteroatoms. The minimum atomic E-state index is -5.45. The third kappa shape index (κ3) is 7.08. The van der Waals surface area contributed by atoms with Gasteiger partial charge in [0.2, 0.25) is 0 Å². The predicted octanol–water partition coefficient (Wildman–Crippen LogP) is 9.80. The molecule has 0 unspecified atom stereocenters. The molecule has 0 saturated carbocycles. The van der Waals surface area contributed by atoms with Crippen molar-refractivity contribution >= 4 is 0 Å². The summed E-state index contributed by atoms with van der Waals surface area (Å²) in [7, 11) is 0. The Morgan fingerprint density at radius 1 is 0.619 bits per heavy atom. The van der Waals surface area contributed by atoms with Gasteiger partial charge in [0.15, 0.2) is 0 Å². The number of halogens is 9. The first kappa shape index (κ1) is 30.6. The Kier molecular flexibility index (Phi) is 8.90. The molecular formula is C32H21F9O. The summed E-state index contributed by atoms with van der Waals surface area (Å²) in [5.74, 6) is -4.34. The Morgan fingerprint density at radius 2 is 1.10 bits per heavy atom. The molecular weight excluding hydrogens is 571 g/mol. The topological polar surface area (TPSA) is 9.23 Å². The number of hydrogen-bond acceptors (Lipinski definition) is 1. The smallest absolute Gasteiger partial charge is 0.429 e. The van der Waals surface area contributed by atoms with Crippen molar-refractivity contribution in [3.63, 3.8) is 0 Å². The fourth-order valence-corrected chi connectivity index (χ4v) is 4.14. The number of benzene rings is 4. The van der Waals surface area contributed by atoms with Gasteiger partial charge in [-0.05, 0) is 53.8 Å². The van der Waals surface area contributed by atoms with Gasteiger partial charge in [0, 0.05) is 23.3 Å². The summed E-state index contributed by atoms with van der Waals surface area (Å²) >= 11 is 0. The second-order valence-electron chi connectivity index (χ2n) is 9.32. The van der Waals surface area contributed by atoms with E-state index in [0.717, 1.165) is 30.4 Å². The molecule has 218 valence electrons. The van der Waals surface area contributed by atoms with E-state index in [2.05, 4.69) is 35.6 Å². The third-order valence-corrected chi connectivity index (χ3v) is 6.22. The molecule has 42 heavy (non-hydrogen) atoms. The summed E-state index contributed by atoms with van der Waals surface area (Å²) in [4.78, 5) is 0. The van der Waals surface area contributed by atoms with Crippen LogP contribution in [0.4, 0.5) is 39.5 Å². The van der Waals surface area contributed by atoms with Crippen molar-refractivity contribution in [3.8, 4) is 28.7 Å². The van der Waals surface area contributed by atoms with E-state index in [1.807, 2.05) is 12.1 Å². The molecule has 0 saturated heterocycles. The molecule has 4 rings (SSSR count). The summed E-state index contributed by atoms with van der Waals surface area (Å²) in [6.45, 7) is 2.12. The number of unbranched alkanes of at least 4 members (excludes halogenated alkanes) is 1. The van der Waals surface area contributed by atoms with Gasteiger partial charge in [-0.25, -0.2) is 17.6 Å². The van der Waals surface area contributed by atoms with Crippen LogP contribution in [-0.4, -0.2) is 0 Å². The lowest BCUT2D eigenvalue weighted by atomic mass is 10.0. The average molecular weight is 593 g/mol. The summed E-state index contributed by atoms with van der Waals surface area (Å²) in [5.41, 5.74) is -0.937. The molecule has 4 aromatic carbocycles. The van der Waals surface area contributed by atoms with E-state index in [4.69, 9.17) is 0 Å². The molecule has 0 atom stereocenters. The fraction of sp³-hybridized carbons (Fsp3) is 0.188. The van der Waals surface area contributed by atoms with E-state index in [1.165, 1.54) is 5.56 Å². The Labute approximate surface area is 235 Å². The molecule has 0 fully saturated rings. The Morgan fingerprint density at radius 3 is 1.60 bits per heavy atom. The lowest BCUT2D eigenvalue weighted by molar-refractivity contribution is -0.189. The maximum atomic E-state index is 14.6. The number of rotatable bonds is 7. The molecule has 4 aromatic rings. The van der Waals surface area contributed by atoms with Gasteiger partial charge in [-0.3, -0.25) is 0 Å². The number of aryl methyl sites for hydroxylation is 1. The standard InChI is InChI=1S/C32H21F9O/c1-2-3-4-19-7-11-22(12-8-19)23-13-9-20(10-14-23)5-6-21-15-25(33)30(26(34)16-21)32(40,41)42-24-17-27(35)29(28(36)18-24)31(37,38)39/h7-18H,2-4H2,1H3. The second kappa shape index (κ2) is 12.2. The van der Waals surface area contributed by atoms with Crippen molar-refractivity contribution in [2.24, 2.45) is 0 Å². The highest BCUT2D eigenvalue weighted by Crippen LogP contribution is 2.39. The lowest BCUT2D eigenvalue weighted by Crippen LogP contribution is -2.25. The highest BCUT2D eigenvalue weighted by molar-refractivity contribution is 5.65. The number of hydrogen-bond donors (Lipinski definition) is 0. The molecule has 0 amide bonds. The fourth-order valence-electron chi connectivity index (χ4n) is 4.14. The van der Waals surface area contributed by atoms with Gasteiger partial charge in [0.25, 0.3) is 0 Å². The van der Waals surface area contributed by atoms with E-state index in [-0.39, 0.29) is 17.7 Å². The van der Waals surface area contributed by atoms with Gasteiger partial charge < -0.3 is 4.74 Å². The maximum Gasteiger partial charge on any atom is 0.432 e. The predicted molar refractivity (Wildman–Crippen MR) is 139 cm³/mol. The van der Waals surface area contributed by atoms with Gasteiger partial charge >= 0.3 is 12.3 Å². The highest BCUT2D eigenvalue weighted by atomic mass is 19.4. The van der Waals surface area contributed by atoms with Crippen molar-refractivity contribution < 1.29 is 44.3 Å². The molecule has 0 spiro atoms. The molecule has 0 radical (unpaired) electrons. The van der Waals surface area contributed by atoms with Crippen LogP contribution in [0.1, 0.15) is 47.6 Å². The van der Waals surface area contributed by atoms with Gasteiger partial charge in [0.1, 0.15) is 40.1 Å². The quantitative estimate of drug-likeness (QED) is 0.153. The average Bonchev–Trinajstić information content (AvgIpc) is 2.89. The normalized spacial score (nSPS) is 11.7. The van der Waals surface area contributed by atoms with Crippen molar-refractivity contribution in [1.29, 1.82) is 0 Å². The Balaban J connectivity index is 1.51. The van der Waals surface area contributed by atoms with Gasteiger partial charge in [-0.15, -0.1) is 0 Å². The molecule has 0 bridgehead atoms. The zero-order chi connectivity index (χ0) is 30.7. The SMILES string of the molecule is CCCCc1ccc(-c2ccc(C#Cc3cc(F)c(C(F)(F)Oc4cc(F)c(C(F)(F)F)c(F)c4)c(F)c3)cc2)cc1. The molecule has 1 nitrogen and oxygen atoms in total. The van der Waals surface area contributed by atoms with E-state index < -0.39 is 52.4 Å². The molecule has 0 heterocycles. The minimum Gasteiger partial charge on any atom is -0.429 e. The largest absolute Gasteiger partial charge is 0.432 e. The van der Waals surface area contributed by atoms with E-state index in [1.54, 1.807) is 24.3 Å². The van der Waals surface area contributed by atoms with Crippen LogP contribution in [0.5, 0.6) is 5.75 Å². The molecule has 0 aliphatic carbocycles. The molecule has 0 aliphatic heterocycles. The number of alkyl halides is 5. The second-order valence-corrected chi connectivity index (χ2v) is 9.32. The summed E-state index contributed by atoms with van der Waals surface area (Å²) in [6.07, 6.45) is -7.10. The first-order chi connectivity index (χ1) is 19.8. The minimum absolute atomic E-state index is 0.163. The summed E-state index contributed by atoms with van der Waals surface area (Å²) in [6, 6.07) is 15.8. The van der Waals surface area contributed by atoms with Gasteiger partial charge in [-0.2, -0.15) is 22.0 Å². The van der Waals surface area contributed by atoms with Crippen LogP contribution in [0, 0.1) is 35.1 Å². The van der Waals surface area contributed by atoms with Crippen molar-refractivity contribution in [3.05, 3.63) is 124 Å². The summed E-state index contributed by atoms with van der Waals surface area (Å²) < 4.78 is 128. The van der Waals surface area contributed by atoms with Crippen molar-refractivity contribution in [1.82, 2.24) is 0 Å². The van der Waals surface area contributed by atoms with E-state index in [0.29, 0.717) is 17.7 Å².